The van der Waals surface area contributed by atoms with Gasteiger partial charge in [0.05, 0.1) is 12.7 Å². The van der Waals surface area contributed by atoms with Crippen LogP contribution in [0, 0.1) is 10.1 Å². The first-order chi connectivity index (χ1) is 8.36. The molecule has 0 unspecified atom stereocenters. The van der Waals surface area contributed by atoms with Crippen LogP contribution in [-0.4, -0.2) is 28.1 Å². The highest BCUT2D eigenvalue weighted by atomic mass is 19.3. The molecule has 0 saturated heterocycles. The molecule has 18 heavy (non-hydrogen) atoms. The van der Waals surface area contributed by atoms with Crippen LogP contribution >= 0.6 is 0 Å². The van der Waals surface area contributed by atoms with E-state index in [0.29, 0.717) is 0 Å². The van der Waals surface area contributed by atoms with Crippen molar-refractivity contribution >= 4 is 11.8 Å². The Bertz CT molecular complexity index is 492. The molecule has 7 nitrogen and oxygen atoms in total. The quantitative estimate of drug-likeness (QED) is 0.638. The SMILES string of the molecule is COc1c(C(F)F)cc(CC(=O)O)nc1[N+](=O)[O-]. The van der Waals surface area contributed by atoms with Gasteiger partial charge >= 0.3 is 11.8 Å². The Kier molecular flexibility index (Phi) is 4.08. The molecule has 9 heteroatoms. The lowest BCUT2D eigenvalue weighted by atomic mass is 10.1. The zero-order valence-corrected chi connectivity index (χ0v) is 9.09. The second-order valence-corrected chi connectivity index (χ2v) is 3.19. The van der Waals surface area contributed by atoms with Gasteiger partial charge in [-0.3, -0.25) is 4.79 Å². The molecule has 0 radical (unpaired) electrons. The van der Waals surface area contributed by atoms with Crippen LogP contribution in [0.3, 0.4) is 0 Å². The van der Waals surface area contributed by atoms with Crippen molar-refractivity contribution in [2.75, 3.05) is 7.11 Å². The van der Waals surface area contributed by atoms with Crippen molar-refractivity contribution in [3.05, 3.63) is 27.4 Å². The molecular formula is C9H8F2N2O5. The summed E-state index contributed by atoms with van der Waals surface area (Å²) < 4.78 is 29.9. The van der Waals surface area contributed by atoms with Crippen LogP contribution in [0.5, 0.6) is 5.75 Å². The number of ether oxygens (including phenoxy) is 1. The van der Waals surface area contributed by atoms with Crippen molar-refractivity contribution in [1.29, 1.82) is 0 Å². The van der Waals surface area contributed by atoms with E-state index in [9.17, 15) is 23.7 Å². The highest BCUT2D eigenvalue weighted by Gasteiger charge is 2.28. The number of hydrogen-bond acceptors (Lipinski definition) is 5. The molecule has 1 N–H and O–H groups in total. The average Bonchev–Trinajstić information content (AvgIpc) is 2.26. The predicted octanol–water partition coefficient (Wildman–Crippen LogP) is 1.56. The number of nitro groups is 1. The van der Waals surface area contributed by atoms with E-state index in [1.54, 1.807) is 0 Å². The van der Waals surface area contributed by atoms with Crippen molar-refractivity contribution < 1.29 is 28.3 Å². The third kappa shape index (κ3) is 2.87. The summed E-state index contributed by atoms with van der Waals surface area (Å²) in [6.45, 7) is 0. The Morgan fingerprint density at radius 2 is 2.28 bits per heavy atom. The van der Waals surface area contributed by atoms with Crippen LogP contribution in [0.2, 0.25) is 0 Å². The molecule has 0 atom stereocenters. The maximum Gasteiger partial charge on any atom is 0.406 e. The number of carboxylic acids is 1. The number of alkyl halides is 2. The summed E-state index contributed by atoms with van der Waals surface area (Å²) in [5, 5.41) is 19.2. The van der Waals surface area contributed by atoms with E-state index in [1.807, 2.05) is 0 Å². The first kappa shape index (κ1) is 13.7. The molecule has 0 aromatic carbocycles. The van der Waals surface area contributed by atoms with Crippen LogP contribution in [-0.2, 0) is 11.2 Å². The van der Waals surface area contributed by atoms with Crippen LogP contribution in [0.1, 0.15) is 17.7 Å². The lowest BCUT2D eigenvalue weighted by molar-refractivity contribution is -0.390. The van der Waals surface area contributed by atoms with Gasteiger partial charge in [0.2, 0.25) is 5.75 Å². The minimum absolute atomic E-state index is 0.328. The molecule has 1 heterocycles. The smallest absolute Gasteiger partial charge is 0.406 e. The number of methoxy groups -OCH3 is 1. The lowest BCUT2D eigenvalue weighted by Crippen LogP contribution is -2.08. The maximum absolute atomic E-state index is 12.7. The Morgan fingerprint density at radius 3 is 2.67 bits per heavy atom. The summed E-state index contributed by atoms with van der Waals surface area (Å²) in [4.78, 5) is 23.5. The van der Waals surface area contributed by atoms with E-state index in [-0.39, 0.29) is 5.69 Å². The number of halogens is 2. The fraction of sp³-hybridized carbons (Fsp3) is 0.333. The summed E-state index contributed by atoms with van der Waals surface area (Å²) in [6.07, 6.45) is -3.72. The average molecular weight is 262 g/mol. The Balaban J connectivity index is 3.43. The van der Waals surface area contributed by atoms with Crippen LogP contribution in [0.15, 0.2) is 6.07 Å². The van der Waals surface area contributed by atoms with Gasteiger partial charge < -0.3 is 20.0 Å². The molecule has 98 valence electrons. The largest absolute Gasteiger partial charge is 0.489 e. The molecule has 1 aromatic heterocycles. The Morgan fingerprint density at radius 1 is 1.67 bits per heavy atom. The van der Waals surface area contributed by atoms with Crippen LogP contribution in [0.25, 0.3) is 0 Å². The van der Waals surface area contributed by atoms with Gasteiger partial charge in [-0.25, -0.2) is 8.78 Å². The van der Waals surface area contributed by atoms with Gasteiger partial charge in [0.25, 0.3) is 6.43 Å². The summed E-state index contributed by atoms with van der Waals surface area (Å²) in [6, 6.07) is 0.782. The second-order valence-electron chi connectivity index (χ2n) is 3.19. The molecule has 0 aliphatic heterocycles. The standard InChI is InChI=1S/C9H8F2N2O5/c1-18-7-5(8(10)11)2-4(3-6(14)15)12-9(7)13(16)17/h2,8H,3H2,1H3,(H,14,15). The first-order valence-electron chi connectivity index (χ1n) is 4.59. The van der Waals surface area contributed by atoms with Gasteiger partial charge in [-0.05, 0) is 16.0 Å². The van der Waals surface area contributed by atoms with Crippen molar-refractivity contribution in [2.24, 2.45) is 0 Å². The highest BCUT2D eigenvalue weighted by molar-refractivity contribution is 5.70. The van der Waals surface area contributed by atoms with Gasteiger partial charge in [0.1, 0.15) is 6.42 Å². The molecule has 0 fully saturated rings. The molecule has 0 amide bonds. The minimum atomic E-state index is -3.03. The molecule has 0 bridgehead atoms. The zero-order valence-electron chi connectivity index (χ0n) is 9.09. The van der Waals surface area contributed by atoms with Gasteiger partial charge in [0, 0.05) is 0 Å². The van der Waals surface area contributed by atoms with E-state index in [4.69, 9.17) is 5.11 Å². The third-order valence-electron chi connectivity index (χ3n) is 1.98. The zero-order chi connectivity index (χ0) is 13.9. The van der Waals surface area contributed by atoms with Gasteiger partial charge in [-0.1, -0.05) is 0 Å². The summed E-state index contributed by atoms with van der Waals surface area (Å²) in [5.41, 5.74) is -1.08. The topological polar surface area (TPSA) is 103 Å². The van der Waals surface area contributed by atoms with Crippen molar-refractivity contribution in [3.63, 3.8) is 0 Å². The minimum Gasteiger partial charge on any atom is -0.489 e. The monoisotopic (exact) mass is 262 g/mol. The summed E-state index contributed by atoms with van der Waals surface area (Å²) in [7, 11) is 0.993. The predicted molar refractivity (Wildman–Crippen MR) is 53.7 cm³/mol. The van der Waals surface area contributed by atoms with E-state index in [0.717, 1.165) is 13.2 Å². The third-order valence-corrected chi connectivity index (χ3v) is 1.98. The fourth-order valence-corrected chi connectivity index (χ4v) is 1.33. The van der Waals surface area contributed by atoms with E-state index >= 15 is 0 Å². The van der Waals surface area contributed by atoms with Crippen molar-refractivity contribution in [1.82, 2.24) is 4.98 Å². The molecule has 0 spiro atoms. The highest BCUT2D eigenvalue weighted by Crippen LogP contribution is 2.35. The number of nitrogens with zero attached hydrogens (tertiary/aromatic N) is 2. The summed E-state index contributed by atoms with van der Waals surface area (Å²) in [5.74, 6) is -2.92. The Hall–Kier alpha value is -2.32. The molecule has 1 rings (SSSR count). The Labute approximate surface area is 99.2 Å². The number of aromatic nitrogens is 1. The number of hydrogen-bond donors (Lipinski definition) is 1. The molecule has 0 aliphatic rings. The number of aliphatic carboxylic acids is 1. The van der Waals surface area contributed by atoms with Crippen LogP contribution < -0.4 is 4.74 Å². The van der Waals surface area contributed by atoms with Gasteiger partial charge in [-0.2, -0.15) is 0 Å². The second kappa shape index (κ2) is 5.34. The van der Waals surface area contributed by atoms with Crippen LogP contribution in [0.4, 0.5) is 14.6 Å². The van der Waals surface area contributed by atoms with E-state index in [1.165, 1.54) is 0 Å². The van der Waals surface area contributed by atoms with E-state index < -0.39 is 40.9 Å². The molecule has 0 aliphatic carbocycles. The number of pyridine rings is 1. The normalized spacial score (nSPS) is 10.4. The van der Waals surface area contributed by atoms with E-state index in [2.05, 4.69) is 9.72 Å². The number of carbonyl (C=O) groups is 1. The number of carboxylic acid groups (broad SMARTS) is 1. The molecule has 0 saturated carbocycles. The fourth-order valence-electron chi connectivity index (χ4n) is 1.33. The van der Waals surface area contributed by atoms with Gasteiger partial charge in [-0.15, -0.1) is 0 Å². The lowest BCUT2D eigenvalue weighted by Gasteiger charge is -2.08. The van der Waals surface area contributed by atoms with Crippen molar-refractivity contribution in [3.8, 4) is 5.75 Å². The molecular weight excluding hydrogens is 254 g/mol. The summed E-state index contributed by atoms with van der Waals surface area (Å²) >= 11 is 0. The first-order valence-corrected chi connectivity index (χ1v) is 4.59. The number of rotatable bonds is 5. The van der Waals surface area contributed by atoms with Gasteiger partial charge in [0.15, 0.2) is 5.69 Å². The van der Waals surface area contributed by atoms with Crippen molar-refractivity contribution in [2.45, 2.75) is 12.8 Å². The molecule has 1 aromatic rings. The maximum atomic E-state index is 12.7.